The van der Waals surface area contributed by atoms with Crippen LogP contribution in [-0.2, 0) is 16.0 Å². The molecule has 0 radical (unpaired) electrons. The first-order valence-corrected chi connectivity index (χ1v) is 5.91. The Morgan fingerprint density at radius 2 is 2.21 bits per heavy atom. The third-order valence-corrected chi connectivity index (χ3v) is 2.92. The summed E-state index contributed by atoms with van der Waals surface area (Å²) in [7, 11) is 1.28. The number of nitrogens with zero attached hydrogens (tertiary/aromatic N) is 1. The summed E-state index contributed by atoms with van der Waals surface area (Å²) in [6.07, 6.45) is 0.601. The zero-order valence-corrected chi connectivity index (χ0v) is 10.8. The minimum atomic E-state index is -0.607. The summed E-state index contributed by atoms with van der Waals surface area (Å²) in [5.41, 5.74) is 5.76. The van der Waals surface area contributed by atoms with Gasteiger partial charge in [-0.1, -0.05) is 6.07 Å². The maximum Gasteiger partial charge on any atom is 0.427 e. The van der Waals surface area contributed by atoms with E-state index >= 15 is 0 Å². The van der Waals surface area contributed by atoms with Crippen LogP contribution < -0.4 is 10.7 Å². The van der Waals surface area contributed by atoms with Crippen LogP contribution in [0.4, 0.5) is 10.5 Å². The topological polar surface area (TPSA) is 79.8 Å². The van der Waals surface area contributed by atoms with E-state index in [-0.39, 0.29) is 5.91 Å². The quantitative estimate of drug-likeness (QED) is 0.627. The number of nitrogens with one attached hydrogen (secondary N) is 2. The van der Waals surface area contributed by atoms with Crippen molar-refractivity contribution in [3.05, 3.63) is 29.3 Å². The number of hydrazone groups is 1. The highest BCUT2D eigenvalue weighted by Crippen LogP contribution is 2.23. The third-order valence-electron chi connectivity index (χ3n) is 2.92. The zero-order chi connectivity index (χ0) is 13.8. The van der Waals surface area contributed by atoms with Crippen LogP contribution in [0.15, 0.2) is 23.3 Å². The van der Waals surface area contributed by atoms with Crippen molar-refractivity contribution in [3.63, 3.8) is 0 Å². The second-order valence-corrected chi connectivity index (χ2v) is 4.22. The van der Waals surface area contributed by atoms with Gasteiger partial charge >= 0.3 is 6.09 Å². The van der Waals surface area contributed by atoms with Gasteiger partial charge in [0, 0.05) is 12.1 Å². The van der Waals surface area contributed by atoms with Crippen molar-refractivity contribution in [1.29, 1.82) is 0 Å². The second-order valence-electron chi connectivity index (χ2n) is 4.22. The maximum absolute atomic E-state index is 11.3. The monoisotopic (exact) mass is 261 g/mol. The molecule has 1 aromatic rings. The first-order valence-electron chi connectivity index (χ1n) is 5.91. The molecule has 6 nitrogen and oxygen atoms in total. The minimum absolute atomic E-state index is 0.0398. The lowest BCUT2D eigenvalue weighted by molar-refractivity contribution is -0.116. The van der Waals surface area contributed by atoms with Crippen molar-refractivity contribution in [2.75, 3.05) is 12.4 Å². The third kappa shape index (κ3) is 3.09. The first kappa shape index (κ1) is 13.1. The molecule has 1 aliphatic rings. The number of hydrogen-bond donors (Lipinski definition) is 2. The summed E-state index contributed by atoms with van der Waals surface area (Å²) in [6, 6.07) is 5.66. The number of anilines is 1. The molecule has 0 aromatic heterocycles. The molecule has 0 atom stereocenters. The second kappa shape index (κ2) is 5.51. The van der Waals surface area contributed by atoms with Crippen molar-refractivity contribution in [3.8, 4) is 0 Å². The van der Waals surface area contributed by atoms with Crippen LogP contribution in [-0.4, -0.2) is 24.8 Å². The van der Waals surface area contributed by atoms with E-state index in [1.165, 1.54) is 7.11 Å². The number of benzene rings is 1. The number of ether oxygens (including phenoxy) is 1. The van der Waals surface area contributed by atoms with E-state index in [1.54, 1.807) is 6.92 Å². The molecule has 0 fully saturated rings. The molecule has 1 aliphatic heterocycles. The summed E-state index contributed by atoms with van der Waals surface area (Å²) >= 11 is 0. The summed E-state index contributed by atoms with van der Waals surface area (Å²) in [6.45, 7) is 1.79. The molecule has 2 amide bonds. The molecule has 0 aliphatic carbocycles. The molecule has 100 valence electrons. The molecular formula is C13H15N3O3. The molecular weight excluding hydrogens is 246 g/mol. The van der Waals surface area contributed by atoms with E-state index < -0.39 is 6.09 Å². The Kier molecular flexibility index (Phi) is 3.79. The Hall–Kier alpha value is -2.37. The van der Waals surface area contributed by atoms with E-state index in [0.717, 1.165) is 16.8 Å². The van der Waals surface area contributed by atoms with Crippen LogP contribution in [0.3, 0.4) is 0 Å². The van der Waals surface area contributed by atoms with Crippen LogP contribution in [0.5, 0.6) is 0 Å². The lowest BCUT2D eigenvalue weighted by Crippen LogP contribution is -2.20. The maximum atomic E-state index is 11.3. The van der Waals surface area contributed by atoms with Crippen molar-refractivity contribution < 1.29 is 14.3 Å². The Bertz CT molecular complexity index is 552. The standard InChI is InChI=1S/C13H15N3O3/c1-8(15-16-13(18)19-2)9-3-5-11-10(7-9)4-6-12(17)14-11/h3,5,7H,4,6H2,1-2H3,(H,14,17)(H,16,18)/b15-8+. The molecule has 2 rings (SSSR count). The van der Waals surface area contributed by atoms with Gasteiger partial charge in [-0.05, 0) is 36.6 Å². The molecule has 19 heavy (non-hydrogen) atoms. The predicted molar refractivity (Wildman–Crippen MR) is 71.1 cm³/mol. The first-order chi connectivity index (χ1) is 9.10. The number of methoxy groups -OCH3 is 1. The molecule has 0 unspecified atom stereocenters. The Morgan fingerprint density at radius 3 is 2.95 bits per heavy atom. The number of amides is 2. The summed E-state index contributed by atoms with van der Waals surface area (Å²) < 4.78 is 4.43. The number of carbonyl (C=O) groups excluding carboxylic acids is 2. The van der Waals surface area contributed by atoms with Crippen molar-refractivity contribution in [1.82, 2.24) is 5.43 Å². The van der Waals surface area contributed by atoms with Crippen LogP contribution in [0.2, 0.25) is 0 Å². The number of hydrogen-bond acceptors (Lipinski definition) is 4. The Balaban J connectivity index is 2.17. The molecule has 0 spiro atoms. The lowest BCUT2D eigenvalue weighted by atomic mass is 9.99. The number of aryl methyl sites for hydroxylation is 1. The number of rotatable bonds is 2. The summed E-state index contributed by atoms with van der Waals surface area (Å²) in [5.74, 6) is 0.0398. The molecule has 1 heterocycles. The fourth-order valence-corrected chi connectivity index (χ4v) is 1.85. The Morgan fingerprint density at radius 1 is 1.42 bits per heavy atom. The number of carbonyl (C=O) groups is 2. The predicted octanol–water partition coefficient (Wildman–Crippen LogP) is 1.65. The van der Waals surface area contributed by atoms with Crippen molar-refractivity contribution in [2.24, 2.45) is 5.10 Å². The van der Waals surface area contributed by atoms with Crippen LogP contribution >= 0.6 is 0 Å². The van der Waals surface area contributed by atoms with Crippen LogP contribution in [0, 0.1) is 0 Å². The molecule has 2 N–H and O–H groups in total. The SMILES string of the molecule is COC(=O)N/N=C(\C)c1ccc2c(c1)CCC(=O)N2. The van der Waals surface area contributed by atoms with E-state index in [0.29, 0.717) is 18.6 Å². The van der Waals surface area contributed by atoms with Gasteiger partial charge in [0.05, 0.1) is 12.8 Å². The van der Waals surface area contributed by atoms with Gasteiger partial charge in [0.2, 0.25) is 5.91 Å². The fourth-order valence-electron chi connectivity index (χ4n) is 1.85. The Labute approximate surface area is 110 Å². The highest BCUT2D eigenvalue weighted by atomic mass is 16.5. The van der Waals surface area contributed by atoms with Gasteiger partial charge < -0.3 is 10.1 Å². The smallest absolute Gasteiger partial charge is 0.427 e. The van der Waals surface area contributed by atoms with Gasteiger partial charge in [0.15, 0.2) is 0 Å². The molecule has 0 bridgehead atoms. The van der Waals surface area contributed by atoms with Gasteiger partial charge in [-0.25, -0.2) is 10.2 Å². The van der Waals surface area contributed by atoms with Crippen molar-refractivity contribution in [2.45, 2.75) is 19.8 Å². The molecule has 0 saturated carbocycles. The van der Waals surface area contributed by atoms with Gasteiger partial charge in [-0.3, -0.25) is 4.79 Å². The average Bonchev–Trinajstić information content (AvgIpc) is 2.43. The van der Waals surface area contributed by atoms with Gasteiger partial charge in [-0.2, -0.15) is 5.10 Å². The van der Waals surface area contributed by atoms with Crippen LogP contribution in [0.1, 0.15) is 24.5 Å². The van der Waals surface area contributed by atoms with Gasteiger partial charge in [-0.15, -0.1) is 0 Å². The average molecular weight is 261 g/mol. The molecule has 1 aromatic carbocycles. The molecule has 0 saturated heterocycles. The van der Waals surface area contributed by atoms with Crippen LogP contribution in [0.25, 0.3) is 0 Å². The fraction of sp³-hybridized carbons (Fsp3) is 0.308. The van der Waals surface area contributed by atoms with Crippen molar-refractivity contribution >= 4 is 23.4 Å². The van der Waals surface area contributed by atoms with Gasteiger partial charge in [0.25, 0.3) is 0 Å². The van der Waals surface area contributed by atoms with Gasteiger partial charge in [0.1, 0.15) is 0 Å². The summed E-state index contributed by atoms with van der Waals surface area (Å²) in [4.78, 5) is 22.2. The van der Waals surface area contributed by atoms with E-state index in [9.17, 15) is 9.59 Å². The summed E-state index contributed by atoms with van der Waals surface area (Å²) in [5, 5.41) is 6.75. The zero-order valence-electron chi connectivity index (χ0n) is 10.8. The van der Waals surface area contributed by atoms with E-state index in [1.807, 2.05) is 18.2 Å². The molecule has 6 heteroatoms. The van der Waals surface area contributed by atoms with E-state index in [4.69, 9.17) is 0 Å². The highest BCUT2D eigenvalue weighted by molar-refractivity contribution is 6.01. The lowest BCUT2D eigenvalue weighted by Gasteiger charge is -2.17. The van der Waals surface area contributed by atoms with E-state index in [2.05, 4.69) is 20.6 Å². The minimum Gasteiger partial charge on any atom is -0.452 e. The number of fused-ring (bicyclic) bond motifs is 1. The highest BCUT2D eigenvalue weighted by Gasteiger charge is 2.15. The largest absolute Gasteiger partial charge is 0.452 e. The normalized spacial score (nSPS) is 14.4.